The molecule has 0 saturated carbocycles. The molecule has 0 aromatic carbocycles. The third-order valence-corrected chi connectivity index (χ3v) is 5.87. The number of aromatic nitrogens is 2. The number of halogens is 2. The third-order valence-electron chi connectivity index (χ3n) is 3.43. The van der Waals surface area contributed by atoms with E-state index in [1.807, 2.05) is 0 Å². The first kappa shape index (κ1) is 18.1. The van der Waals surface area contributed by atoms with E-state index in [1.54, 1.807) is 13.8 Å². The third kappa shape index (κ3) is 3.22. The number of fused-ring (bicyclic) bond motifs is 1. The fourth-order valence-electron chi connectivity index (χ4n) is 2.48. The fourth-order valence-corrected chi connectivity index (χ4v) is 4.89. The first-order valence-corrected chi connectivity index (χ1v) is 9.33. The first-order valence-electron chi connectivity index (χ1n) is 7.12. The maximum absolute atomic E-state index is 12.5. The molecule has 0 spiro atoms. The van der Waals surface area contributed by atoms with Gasteiger partial charge in [0.2, 0.25) is 0 Å². The van der Waals surface area contributed by atoms with Gasteiger partial charge in [-0.25, -0.2) is 9.36 Å². The Bertz CT molecular complexity index is 742. The van der Waals surface area contributed by atoms with Gasteiger partial charge in [0, 0.05) is 6.20 Å². The number of phosphoric acid groups is 1. The summed E-state index contributed by atoms with van der Waals surface area (Å²) in [7, 11) is -3.83. The average Bonchev–Trinajstić information content (AvgIpc) is 2.69. The molecule has 2 aliphatic heterocycles. The second kappa shape index (κ2) is 6.25. The van der Waals surface area contributed by atoms with E-state index in [-0.39, 0.29) is 12.4 Å². The van der Waals surface area contributed by atoms with Crippen molar-refractivity contribution in [2.45, 2.75) is 42.7 Å². The molecule has 24 heavy (non-hydrogen) atoms. The normalized spacial score (nSPS) is 35.1. The Balaban J connectivity index is 1.90. The number of ether oxygens (including phenoxy) is 1. The van der Waals surface area contributed by atoms with Crippen LogP contribution in [0.4, 0.5) is 5.82 Å². The Morgan fingerprint density at radius 2 is 2.25 bits per heavy atom. The Kier molecular flexibility index (Phi) is 4.72. The Hall–Kier alpha value is -0.670. The summed E-state index contributed by atoms with van der Waals surface area (Å²) in [4.78, 5) is 15.6. The van der Waals surface area contributed by atoms with Crippen molar-refractivity contribution in [3.8, 4) is 0 Å². The van der Waals surface area contributed by atoms with Crippen LogP contribution in [0.3, 0.4) is 0 Å². The molecule has 9 nitrogen and oxygen atoms in total. The molecule has 0 radical (unpaired) electrons. The van der Waals surface area contributed by atoms with Gasteiger partial charge in [-0.1, -0.05) is 23.2 Å². The van der Waals surface area contributed by atoms with Gasteiger partial charge in [-0.15, -0.1) is 0 Å². The Morgan fingerprint density at radius 1 is 1.54 bits per heavy atom. The predicted molar refractivity (Wildman–Crippen MR) is 85.9 cm³/mol. The molecule has 1 aromatic rings. The summed E-state index contributed by atoms with van der Waals surface area (Å²) in [5, 5.41) is 0. The Labute approximate surface area is 147 Å². The van der Waals surface area contributed by atoms with Crippen LogP contribution in [-0.4, -0.2) is 38.8 Å². The number of alkyl halides is 2. The van der Waals surface area contributed by atoms with Crippen LogP contribution < -0.4 is 11.4 Å². The van der Waals surface area contributed by atoms with Crippen molar-refractivity contribution in [1.82, 2.24) is 9.55 Å². The molecule has 1 aromatic heterocycles. The van der Waals surface area contributed by atoms with E-state index in [0.717, 1.165) is 4.57 Å². The lowest BCUT2D eigenvalue weighted by atomic mass is 10.2. The van der Waals surface area contributed by atoms with E-state index in [0.29, 0.717) is 0 Å². The lowest BCUT2D eigenvalue weighted by Gasteiger charge is -2.33. The molecule has 4 atom stereocenters. The number of phosphoric ester groups is 1. The minimum atomic E-state index is -3.83. The molecule has 134 valence electrons. The van der Waals surface area contributed by atoms with Crippen molar-refractivity contribution >= 4 is 36.8 Å². The van der Waals surface area contributed by atoms with Crippen LogP contribution in [0.5, 0.6) is 0 Å². The summed E-state index contributed by atoms with van der Waals surface area (Å²) in [6.45, 7) is 3.25. The van der Waals surface area contributed by atoms with Crippen molar-refractivity contribution in [2.75, 3.05) is 12.3 Å². The van der Waals surface area contributed by atoms with Crippen molar-refractivity contribution in [3.63, 3.8) is 0 Å². The number of nitrogens with zero attached hydrogens (tertiary/aromatic N) is 2. The maximum atomic E-state index is 12.5. The summed E-state index contributed by atoms with van der Waals surface area (Å²) in [6, 6.07) is 1.40. The van der Waals surface area contributed by atoms with E-state index >= 15 is 0 Å². The largest absolute Gasteiger partial charge is 0.475 e. The van der Waals surface area contributed by atoms with Gasteiger partial charge in [-0.05, 0) is 19.9 Å². The predicted octanol–water partition coefficient (Wildman–Crippen LogP) is 1.85. The maximum Gasteiger partial charge on any atom is 0.475 e. The van der Waals surface area contributed by atoms with Gasteiger partial charge >= 0.3 is 13.5 Å². The second-order valence-electron chi connectivity index (χ2n) is 5.67. The van der Waals surface area contributed by atoms with Crippen LogP contribution in [0.1, 0.15) is 20.1 Å². The van der Waals surface area contributed by atoms with Gasteiger partial charge in [-0.3, -0.25) is 18.1 Å². The first-order chi connectivity index (χ1) is 11.1. The van der Waals surface area contributed by atoms with E-state index in [1.165, 1.54) is 12.3 Å². The van der Waals surface area contributed by atoms with Crippen LogP contribution in [-0.2, 0) is 22.9 Å². The lowest BCUT2D eigenvalue weighted by Crippen LogP contribution is -2.43. The average molecular weight is 400 g/mol. The van der Waals surface area contributed by atoms with Crippen molar-refractivity contribution < 1.29 is 22.9 Å². The molecule has 0 aliphatic carbocycles. The number of nitrogen functional groups attached to an aromatic ring is 1. The summed E-state index contributed by atoms with van der Waals surface area (Å²) in [6.07, 6.45) is -1.90. The molecule has 12 heteroatoms. The molecule has 3 rings (SSSR count). The molecule has 2 aliphatic rings. The number of hydrogen-bond donors (Lipinski definition) is 1. The van der Waals surface area contributed by atoms with Gasteiger partial charge in [0.15, 0.2) is 10.6 Å². The van der Waals surface area contributed by atoms with Gasteiger partial charge in [-0.2, -0.15) is 4.98 Å². The molecule has 0 unspecified atom stereocenters. The molecule has 3 heterocycles. The summed E-state index contributed by atoms with van der Waals surface area (Å²) in [5.74, 6) is 0.0517. The molecule has 2 N–H and O–H groups in total. The molecule has 0 bridgehead atoms. The molecule has 2 fully saturated rings. The minimum absolute atomic E-state index is 0.0517. The second-order valence-corrected chi connectivity index (χ2v) is 8.69. The summed E-state index contributed by atoms with van der Waals surface area (Å²) >= 11 is 12.8. The molecular formula is C12H16Cl2N3O6P. The van der Waals surface area contributed by atoms with E-state index in [4.69, 9.17) is 47.2 Å². The van der Waals surface area contributed by atoms with Crippen LogP contribution in [0.15, 0.2) is 17.1 Å². The highest BCUT2D eigenvalue weighted by Gasteiger charge is 2.62. The Morgan fingerprint density at radius 3 is 2.88 bits per heavy atom. The van der Waals surface area contributed by atoms with Crippen LogP contribution in [0, 0.1) is 0 Å². The van der Waals surface area contributed by atoms with Gasteiger partial charge in [0.05, 0.1) is 12.7 Å². The van der Waals surface area contributed by atoms with Crippen molar-refractivity contribution in [2.24, 2.45) is 0 Å². The van der Waals surface area contributed by atoms with E-state index in [9.17, 15) is 9.36 Å². The number of nitrogens with two attached hydrogens (primary N) is 1. The summed E-state index contributed by atoms with van der Waals surface area (Å²) in [5.41, 5.74) is 4.78. The molecular weight excluding hydrogens is 384 g/mol. The highest BCUT2D eigenvalue weighted by Crippen LogP contribution is 2.61. The fraction of sp³-hybridized carbons (Fsp3) is 0.667. The zero-order valence-corrected chi connectivity index (χ0v) is 15.2. The van der Waals surface area contributed by atoms with Gasteiger partial charge in [0.25, 0.3) is 0 Å². The molecule has 0 amide bonds. The highest BCUT2D eigenvalue weighted by molar-refractivity contribution is 7.48. The van der Waals surface area contributed by atoms with E-state index < -0.39 is 42.4 Å². The summed E-state index contributed by atoms with van der Waals surface area (Å²) < 4.78 is 33.3. The van der Waals surface area contributed by atoms with E-state index in [2.05, 4.69) is 4.98 Å². The van der Waals surface area contributed by atoms with Crippen molar-refractivity contribution in [1.29, 1.82) is 0 Å². The lowest BCUT2D eigenvalue weighted by molar-refractivity contribution is -0.0748. The number of hydrogen-bond acceptors (Lipinski definition) is 8. The SMILES string of the molecule is CC(C)O[P@@]1(=O)OC[C@H]2O[C@@H](n3ccc(N)nc3=O)C(Cl)(Cl)[C@@H]2O1. The molecule has 2 saturated heterocycles. The smallest absolute Gasteiger partial charge is 0.383 e. The quantitative estimate of drug-likeness (QED) is 0.604. The zero-order chi connectivity index (χ0) is 17.7. The minimum Gasteiger partial charge on any atom is -0.383 e. The van der Waals surface area contributed by atoms with Gasteiger partial charge in [0.1, 0.15) is 18.0 Å². The standard InChI is InChI=1S/C12H16Cl2N3O6P/c1-6(2)22-24(19)20-5-7-9(23-24)12(13,14)10(21-7)17-4-3-8(15)16-11(17)18/h3-4,6-7,9-10H,5H2,1-2H3,(H2,15,16,18)/t7-,9-,10-,24-/m1/s1. The zero-order valence-electron chi connectivity index (χ0n) is 12.8. The van der Waals surface area contributed by atoms with Crippen molar-refractivity contribution in [3.05, 3.63) is 22.7 Å². The van der Waals surface area contributed by atoms with Crippen LogP contribution >= 0.6 is 31.0 Å². The number of anilines is 1. The van der Waals surface area contributed by atoms with Crippen LogP contribution in [0.2, 0.25) is 0 Å². The van der Waals surface area contributed by atoms with Gasteiger partial charge < -0.3 is 10.5 Å². The number of rotatable bonds is 3. The highest BCUT2D eigenvalue weighted by atomic mass is 35.5. The van der Waals surface area contributed by atoms with Crippen LogP contribution in [0.25, 0.3) is 0 Å². The topological polar surface area (TPSA) is 115 Å². The monoisotopic (exact) mass is 399 g/mol.